The van der Waals surface area contributed by atoms with E-state index in [2.05, 4.69) is 44.2 Å². The third-order valence-electron chi connectivity index (χ3n) is 5.30. The Hall–Kier alpha value is -0.780. The first-order valence-corrected chi connectivity index (χ1v) is 8.90. The third-order valence-corrected chi connectivity index (χ3v) is 5.30. The fraction of sp³-hybridized carbons (Fsp3) is 0.700. The highest BCUT2D eigenvalue weighted by molar-refractivity contribution is 5.19. The van der Waals surface area contributed by atoms with Crippen LogP contribution in [0, 0.1) is 11.8 Å². The lowest BCUT2D eigenvalue weighted by atomic mass is 9.71. The van der Waals surface area contributed by atoms with Gasteiger partial charge in [0.15, 0.2) is 0 Å². The van der Waals surface area contributed by atoms with Crippen LogP contribution in [-0.4, -0.2) is 0 Å². The van der Waals surface area contributed by atoms with Gasteiger partial charge in [-0.05, 0) is 49.0 Å². The van der Waals surface area contributed by atoms with E-state index in [0.717, 1.165) is 17.8 Å². The van der Waals surface area contributed by atoms with Crippen LogP contribution in [0.4, 0.5) is 0 Å². The second kappa shape index (κ2) is 8.49. The minimum Gasteiger partial charge on any atom is -0.0654 e. The summed E-state index contributed by atoms with van der Waals surface area (Å²) in [7, 11) is 0. The van der Waals surface area contributed by atoms with Crippen molar-refractivity contribution in [3.63, 3.8) is 0 Å². The van der Waals surface area contributed by atoms with E-state index in [1.807, 2.05) is 0 Å². The van der Waals surface area contributed by atoms with E-state index >= 15 is 0 Å². The van der Waals surface area contributed by atoms with Gasteiger partial charge < -0.3 is 0 Å². The van der Waals surface area contributed by atoms with E-state index in [1.165, 1.54) is 57.8 Å². The van der Waals surface area contributed by atoms with E-state index in [0.29, 0.717) is 0 Å². The molecule has 0 heterocycles. The minimum absolute atomic E-state index is 0.834. The van der Waals surface area contributed by atoms with Gasteiger partial charge in [0.2, 0.25) is 0 Å². The molecule has 0 nitrogen and oxygen atoms in total. The number of unbranched alkanes of at least 4 members (excludes halogenated alkanes) is 1. The molecule has 0 bridgehead atoms. The summed E-state index contributed by atoms with van der Waals surface area (Å²) in [5, 5.41) is 0. The Morgan fingerprint density at radius 1 is 0.900 bits per heavy atom. The number of rotatable bonds is 7. The summed E-state index contributed by atoms with van der Waals surface area (Å²) < 4.78 is 0. The monoisotopic (exact) mass is 272 g/mol. The van der Waals surface area contributed by atoms with E-state index in [9.17, 15) is 0 Å². The Kier molecular flexibility index (Phi) is 6.63. The van der Waals surface area contributed by atoms with Crippen molar-refractivity contribution >= 4 is 0 Å². The summed E-state index contributed by atoms with van der Waals surface area (Å²) in [5.41, 5.74) is 1.58. The van der Waals surface area contributed by atoms with Gasteiger partial charge in [0, 0.05) is 0 Å². The van der Waals surface area contributed by atoms with Crippen LogP contribution < -0.4 is 0 Å². The van der Waals surface area contributed by atoms with Crippen LogP contribution in [-0.2, 0) is 0 Å². The van der Waals surface area contributed by atoms with E-state index in [1.54, 1.807) is 5.56 Å². The highest BCUT2D eigenvalue weighted by Crippen LogP contribution is 2.41. The van der Waals surface area contributed by atoms with Gasteiger partial charge in [0.25, 0.3) is 0 Å². The molecule has 0 spiro atoms. The van der Waals surface area contributed by atoms with Crippen LogP contribution in [0.1, 0.15) is 83.1 Å². The molecule has 1 aliphatic carbocycles. The molecule has 1 fully saturated rings. The Bertz CT molecular complexity index is 346. The number of hydrogen-bond donors (Lipinski definition) is 0. The fourth-order valence-electron chi connectivity index (χ4n) is 4.10. The molecule has 1 atom stereocenters. The lowest BCUT2D eigenvalue weighted by Gasteiger charge is -2.34. The van der Waals surface area contributed by atoms with Crippen molar-refractivity contribution in [2.45, 2.75) is 77.6 Å². The van der Waals surface area contributed by atoms with Crippen molar-refractivity contribution in [3.05, 3.63) is 35.9 Å². The molecule has 0 amide bonds. The second-order valence-corrected chi connectivity index (χ2v) is 6.71. The number of benzene rings is 1. The Morgan fingerprint density at radius 3 is 2.20 bits per heavy atom. The lowest BCUT2D eigenvalue weighted by Crippen LogP contribution is -2.21. The van der Waals surface area contributed by atoms with Crippen molar-refractivity contribution in [1.29, 1.82) is 0 Å². The van der Waals surface area contributed by atoms with Gasteiger partial charge in [0.1, 0.15) is 0 Å². The minimum atomic E-state index is 0.834. The first-order chi connectivity index (χ1) is 9.85. The quantitative estimate of drug-likeness (QED) is 0.527. The van der Waals surface area contributed by atoms with Crippen LogP contribution in [0.15, 0.2) is 30.3 Å². The standard InChI is InChI=1S/C20H32/c1-3-5-10-17(9-4-2)19-13-15-20(16-14-19)18-11-7-6-8-12-18/h6-8,11-12,17,19-20H,3-5,9-10,13-16H2,1-2H3. The molecule has 0 aromatic heterocycles. The summed E-state index contributed by atoms with van der Waals surface area (Å²) in [5.74, 6) is 2.86. The van der Waals surface area contributed by atoms with Gasteiger partial charge in [-0.25, -0.2) is 0 Å². The van der Waals surface area contributed by atoms with Crippen LogP contribution in [0.2, 0.25) is 0 Å². The molecule has 1 saturated carbocycles. The molecule has 1 aromatic rings. The van der Waals surface area contributed by atoms with Crippen LogP contribution >= 0.6 is 0 Å². The fourth-order valence-corrected chi connectivity index (χ4v) is 4.10. The SMILES string of the molecule is CCCCC(CCC)C1CCC(c2ccccc2)CC1. The van der Waals surface area contributed by atoms with Gasteiger partial charge in [-0.3, -0.25) is 0 Å². The summed E-state index contributed by atoms with van der Waals surface area (Å²) in [6.07, 6.45) is 12.9. The summed E-state index contributed by atoms with van der Waals surface area (Å²) in [4.78, 5) is 0. The molecular weight excluding hydrogens is 240 g/mol. The van der Waals surface area contributed by atoms with Crippen LogP contribution in [0.3, 0.4) is 0 Å². The zero-order chi connectivity index (χ0) is 14.2. The molecule has 0 N–H and O–H groups in total. The Balaban J connectivity index is 1.85. The zero-order valence-electron chi connectivity index (χ0n) is 13.5. The normalized spacial score (nSPS) is 24.5. The van der Waals surface area contributed by atoms with Crippen molar-refractivity contribution in [1.82, 2.24) is 0 Å². The lowest BCUT2D eigenvalue weighted by molar-refractivity contribution is 0.207. The predicted octanol–water partition coefficient (Wildman–Crippen LogP) is 6.57. The van der Waals surface area contributed by atoms with Crippen molar-refractivity contribution in [2.24, 2.45) is 11.8 Å². The first-order valence-electron chi connectivity index (χ1n) is 8.90. The summed E-state index contributed by atoms with van der Waals surface area (Å²) >= 11 is 0. The average Bonchev–Trinajstić information content (AvgIpc) is 2.52. The van der Waals surface area contributed by atoms with E-state index in [4.69, 9.17) is 0 Å². The molecule has 1 aromatic carbocycles. The molecule has 0 heteroatoms. The maximum Gasteiger partial charge on any atom is -0.0162 e. The van der Waals surface area contributed by atoms with E-state index < -0.39 is 0 Å². The van der Waals surface area contributed by atoms with Gasteiger partial charge in [0.05, 0.1) is 0 Å². The van der Waals surface area contributed by atoms with Gasteiger partial charge in [-0.1, -0.05) is 76.3 Å². The van der Waals surface area contributed by atoms with Gasteiger partial charge in [-0.2, -0.15) is 0 Å². The topological polar surface area (TPSA) is 0 Å². The second-order valence-electron chi connectivity index (χ2n) is 6.71. The maximum absolute atomic E-state index is 2.36. The maximum atomic E-state index is 2.36. The highest BCUT2D eigenvalue weighted by Gasteiger charge is 2.27. The molecule has 0 aliphatic heterocycles. The molecular formula is C20H32. The molecule has 2 rings (SSSR count). The van der Waals surface area contributed by atoms with Gasteiger partial charge >= 0.3 is 0 Å². The Morgan fingerprint density at radius 2 is 1.60 bits per heavy atom. The first kappa shape index (κ1) is 15.6. The molecule has 1 unspecified atom stereocenters. The average molecular weight is 272 g/mol. The molecule has 20 heavy (non-hydrogen) atoms. The van der Waals surface area contributed by atoms with Crippen LogP contribution in [0.25, 0.3) is 0 Å². The van der Waals surface area contributed by atoms with Crippen molar-refractivity contribution in [3.8, 4) is 0 Å². The smallest absolute Gasteiger partial charge is 0.0162 e. The van der Waals surface area contributed by atoms with Crippen molar-refractivity contribution in [2.75, 3.05) is 0 Å². The molecule has 0 saturated heterocycles. The molecule has 112 valence electrons. The van der Waals surface area contributed by atoms with Gasteiger partial charge in [-0.15, -0.1) is 0 Å². The highest BCUT2D eigenvalue weighted by atomic mass is 14.3. The molecule has 1 aliphatic rings. The zero-order valence-corrected chi connectivity index (χ0v) is 13.5. The predicted molar refractivity (Wildman–Crippen MR) is 89.1 cm³/mol. The van der Waals surface area contributed by atoms with Crippen LogP contribution in [0.5, 0.6) is 0 Å². The molecule has 0 radical (unpaired) electrons. The Labute approximate surface area is 126 Å². The third kappa shape index (κ3) is 4.36. The van der Waals surface area contributed by atoms with E-state index in [-0.39, 0.29) is 0 Å². The number of hydrogen-bond acceptors (Lipinski definition) is 0. The largest absolute Gasteiger partial charge is 0.0654 e. The van der Waals surface area contributed by atoms with Crippen molar-refractivity contribution < 1.29 is 0 Å². The summed E-state index contributed by atoms with van der Waals surface area (Å²) in [6, 6.07) is 11.2. The summed E-state index contributed by atoms with van der Waals surface area (Å²) in [6.45, 7) is 4.68.